The van der Waals surface area contributed by atoms with Gasteiger partial charge in [-0.15, -0.1) is 11.3 Å². The average Bonchev–Trinajstić information content (AvgIpc) is 4.08. The minimum atomic E-state index is -1.01. The van der Waals surface area contributed by atoms with Crippen LogP contribution in [-0.4, -0.2) is 146 Å². The molecule has 6 amide bonds. The van der Waals surface area contributed by atoms with Crippen LogP contribution in [0.15, 0.2) is 47.4 Å². The quantitative estimate of drug-likeness (QED) is 0.199. The zero-order valence-corrected chi connectivity index (χ0v) is 38.1. The molecule has 6 heterocycles. The van der Waals surface area contributed by atoms with Crippen molar-refractivity contribution in [1.29, 1.82) is 0 Å². The topological polar surface area (TPSA) is 183 Å². The largest absolute Gasteiger partial charge is 0.496 e. The molecule has 1 saturated carbocycles. The second kappa shape index (κ2) is 17.7. The fourth-order valence-corrected chi connectivity index (χ4v) is 11.5. The number of rotatable bonds is 12. The number of carbonyl (C=O) groups excluding carboxylic acids is 6. The molecule has 4 aromatic rings. The van der Waals surface area contributed by atoms with E-state index in [1.165, 1.54) is 15.9 Å². The van der Waals surface area contributed by atoms with Gasteiger partial charge in [0.05, 0.1) is 41.2 Å². The van der Waals surface area contributed by atoms with Crippen molar-refractivity contribution in [3.05, 3.63) is 74.5 Å². The summed E-state index contributed by atoms with van der Waals surface area (Å²) in [5.74, 6) is -0.440. The third-order valence-electron chi connectivity index (χ3n) is 13.8. The van der Waals surface area contributed by atoms with Crippen LogP contribution in [0.5, 0.6) is 11.5 Å². The van der Waals surface area contributed by atoms with Crippen molar-refractivity contribution < 1.29 is 38.2 Å². The highest BCUT2D eigenvalue weighted by molar-refractivity contribution is 7.21. The van der Waals surface area contributed by atoms with Gasteiger partial charge in [0.2, 0.25) is 17.7 Å². The summed E-state index contributed by atoms with van der Waals surface area (Å²) in [5.41, 5.74) is 3.64. The first-order valence-electron chi connectivity index (χ1n) is 22.2. The fourth-order valence-electron chi connectivity index (χ4n) is 10.4. The normalized spacial score (nSPS) is 22.2. The van der Waals surface area contributed by atoms with E-state index in [1.54, 1.807) is 45.7 Å². The number of likely N-dealkylation sites (tertiary alicyclic amines) is 1. The zero-order valence-electron chi connectivity index (χ0n) is 37.3. The molecule has 4 fully saturated rings. The molecule has 18 heteroatoms. The fraction of sp³-hybridized carbons (Fsp3) is 0.468. The number of carbonyl (C=O) groups is 6. The van der Waals surface area contributed by atoms with Crippen molar-refractivity contribution in [2.45, 2.75) is 50.7 Å². The molecule has 4 aliphatic heterocycles. The molecular formula is C47H54N8O9S. The number of anilines is 1. The van der Waals surface area contributed by atoms with Gasteiger partial charge in [0.15, 0.2) is 0 Å². The third kappa shape index (κ3) is 8.27. The minimum Gasteiger partial charge on any atom is -0.496 e. The number of aromatic nitrogens is 1. The number of nitrogens with one attached hydrogen (secondary N) is 2. The van der Waals surface area contributed by atoms with Gasteiger partial charge in [-0.25, -0.2) is 0 Å². The predicted molar refractivity (Wildman–Crippen MR) is 243 cm³/mol. The first-order valence-corrected chi connectivity index (χ1v) is 23.0. The van der Waals surface area contributed by atoms with E-state index in [0.717, 1.165) is 53.2 Å². The number of hydrogen-bond acceptors (Lipinski definition) is 13. The molecule has 4 unspecified atom stereocenters. The maximum atomic E-state index is 13.9. The average molecular weight is 907 g/mol. The van der Waals surface area contributed by atoms with Gasteiger partial charge >= 0.3 is 0 Å². The van der Waals surface area contributed by atoms with E-state index >= 15 is 0 Å². The third-order valence-corrected chi connectivity index (χ3v) is 15.0. The summed E-state index contributed by atoms with van der Waals surface area (Å²) in [5, 5.41) is 5.98. The van der Waals surface area contributed by atoms with Gasteiger partial charge in [0.25, 0.3) is 23.3 Å². The standard InChI is InChI=1S/C47H54N8O9S/c1-50(2)23-34-37(63-4)18-27(19-38(34)64-5)33-24-51(3)45(60)31-21-39(65-42(31)33)44(59)48-35-9-6-26-22-54(25-32(26)35)41(57)12-13-52-14-16-53(17-15-52)28-7-8-29-30(20-28)47(62)55(46(29)61)36-10-11-40(56)49-43(36)58/h7-8,18-21,24,26,32,35-36H,6,9-17,22-23,25H2,1-5H3,(H,48,59)(H,49,56,58). The van der Waals surface area contributed by atoms with Crippen LogP contribution in [0.2, 0.25) is 0 Å². The molecule has 0 bridgehead atoms. The molecule has 0 spiro atoms. The highest BCUT2D eigenvalue weighted by Crippen LogP contribution is 2.41. The second-order valence-electron chi connectivity index (χ2n) is 18.0. The highest BCUT2D eigenvalue weighted by atomic mass is 32.1. The Labute approximate surface area is 380 Å². The Morgan fingerprint density at radius 3 is 2.29 bits per heavy atom. The first kappa shape index (κ1) is 44.1. The molecule has 5 aliphatic rings. The Hall–Kier alpha value is -6.11. The van der Waals surface area contributed by atoms with E-state index in [1.807, 2.05) is 42.1 Å². The van der Waals surface area contributed by atoms with Gasteiger partial charge < -0.3 is 34.1 Å². The number of aryl methyl sites for hydroxylation is 1. The Kier molecular flexibility index (Phi) is 12.0. The number of thiophene rings is 1. The number of imide groups is 2. The lowest BCUT2D eigenvalue weighted by Crippen LogP contribution is -2.54. The summed E-state index contributed by atoms with van der Waals surface area (Å²) in [6.07, 6.45) is 4.10. The summed E-state index contributed by atoms with van der Waals surface area (Å²) in [7, 11) is 8.90. The van der Waals surface area contributed by atoms with Gasteiger partial charge in [-0.2, -0.15) is 0 Å². The van der Waals surface area contributed by atoms with Crippen molar-refractivity contribution in [2.24, 2.45) is 18.9 Å². The molecule has 342 valence electrons. The number of fused-ring (bicyclic) bond motifs is 3. The molecule has 2 aromatic carbocycles. The van der Waals surface area contributed by atoms with E-state index < -0.39 is 29.7 Å². The molecule has 2 aromatic heterocycles. The molecule has 2 N–H and O–H groups in total. The maximum absolute atomic E-state index is 13.9. The van der Waals surface area contributed by atoms with Crippen LogP contribution in [0.4, 0.5) is 5.69 Å². The molecule has 9 rings (SSSR count). The summed E-state index contributed by atoms with van der Waals surface area (Å²) < 4.78 is 13.8. The van der Waals surface area contributed by atoms with Gasteiger partial charge in [-0.1, -0.05) is 0 Å². The van der Waals surface area contributed by atoms with E-state index in [2.05, 4.69) is 20.4 Å². The maximum Gasteiger partial charge on any atom is 0.262 e. The number of piperidine rings is 1. The smallest absolute Gasteiger partial charge is 0.262 e. The predicted octanol–water partition coefficient (Wildman–Crippen LogP) is 2.93. The van der Waals surface area contributed by atoms with Crippen molar-refractivity contribution in [2.75, 3.05) is 79.0 Å². The van der Waals surface area contributed by atoms with Gasteiger partial charge in [0, 0.05) is 106 Å². The number of benzene rings is 2. The zero-order chi connectivity index (χ0) is 45.8. The van der Waals surface area contributed by atoms with Crippen LogP contribution >= 0.6 is 11.3 Å². The molecule has 4 atom stereocenters. The SMILES string of the molecule is COc1cc(-c2cn(C)c(=O)c3cc(C(=O)NC4CCC5CN(C(=O)CCN6CCN(c7ccc8c(c7)C(=O)N(C7CCC(=O)NC7=O)C8=O)CC6)CC54)sc23)cc(OC)c1CN(C)C. The molecular weight excluding hydrogens is 853 g/mol. The summed E-state index contributed by atoms with van der Waals surface area (Å²) in [6.45, 7) is 5.27. The van der Waals surface area contributed by atoms with Crippen molar-refractivity contribution >= 4 is 62.6 Å². The molecule has 3 saturated heterocycles. The lowest BCUT2D eigenvalue weighted by molar-refractivity contribution is -0.136. The van der Waals surface area contributed by atoms with Crippen LogP contribution in [0.3, 0.4) is 0 Å². The Balaban J connectivity index is 0.791. The second-order valence-corrected chi connectivity index (χ2v) is 19.1. The number of amides is 6. The van der Waals surface area contributed by atoms with Crippen molar-refractivity contribution in [1.82, 2.24) is 34.8 Å². The molecule has 0 radical (unpaired) electrons. The molecule has 17 nitrogen and oxygen atoms in total. The number of nitrogens with zero attached hydrogens (tertiary/aromatic N) is 6. The summed E-state index contributed by atoms with van der Waals surface area (Å²) in [6, 6.07) is 9.66. The minimum absolute atomic E-state index is 0.0645. The van der Waals surface area contributed by atoms with Crippen molar-refractivity contribution in [3.63, 3.8) is 0 Å². The monoisotopic (exact) mass is 906 g/mol. The lowest BCUT2D eigenvalue weighted by atomic mass is 9.98. The number of pyridine rings is 1. The number of ether oxygens (including phenoxy) is 2. The van der Waals surface area contributed by atoms with E-state index in [4.69, 9.17) is 9.47 Å². The van der Waals surface area contributed by atoms with Crippen LogP contribution in [-0.2, 0) is 28.0 Å². The molecule has 1 aliphatic carbocycles. The number of hydrogen-bond donors (Lipinski definition) is 2. The van der Waals surface area contributed by atoms with Gasteiger partial charge in [-0.05, 0) is 81.2 Å². The highest BCUT2D eigenvalue weighted by Gasteiger charge is 2.46. The van der Waals surface area contributed by atoms with E-state index in [-0.39, 0.29) is 53.3 Å². The number of methoxy groups -OCH3 is 2. The Morgan fingerprint density at radius 1 is 0.877 bits per heavy atom. The first-order chi connectivity index (χ1) is 31.2. The van der Waals surface area contributed by atoms with Crippen LogP contribution in [0, 0.1) is 11.8 Å². The van der Waals surface area contributed by atoms with Crippen LogP contribution in [0.25, 0.3) is 21.2 Å². The molecule has 65 heavy (non-hydrogen) atoms. The van der Waals surface area contributed by atoms with Gasteiger partial charge in [-0.3, -0.25) is 48.7 Å². The lowest BCUT2D eigenvalue weighted by Gasteiger charge is -2.36. The summed E-state index contributed by atoms with van der Waals surface area (Å²) in [4.78, 5) is 101. The van der Waals surface area contributed by atoms with E-state index in [9.17, 15) is 33.6 Å². The van der Waals surface area contributed by atoms with Crippen LogP contribution < -0.4 is 30.6 Å². The van der Waals surface area contributed by atoms with E-state index in [0.29, 0.717) is 78.1 Å². The number of piperazine rings is 1. The summed E-state index contributed by atoms with van der Waals surface area (Å²) >= 11 is 1.30. The Morgan fingerprint density at radius 2 is 1.60 bits per heavy atom. The van der Waals surface area contributed by atoms with Gasteiger partial charge in [0.1, 0.15) is 17.5 Å². The van der Waals surface area contributed by atoms with Crippen LogP contribution in [0.1, 0.15) is 68.1 Å². The van der Waals surface area contributed by atoms with Crippen molar-refractivity contribution in [3.8, 4) is 22.6 Å². The Bertz CT molecular complexity index is 2660.